The Morgan fingerprint density at radius 3 is 2.00 bits per heavy atom. The normalized spacial score (nSPS) is 15.1. The molecule has 0 spiro atoms. The van der Waals surface area contributed by atoms with E-state index in [1.165, 1.54) is 63.4 Å². The van der Waals surface area contributed by atoms with Crippen LogP contribution >= 0.6 is 0 Å². The van der Waals surface area contributed by atoms with E-state index in [2.05, 4.69) is 55.0 Å². The maximum Gasteiger partial charge on any atom is -0.0326 e. The van der Waals surface area contributed by atoms with Gasteiger partial charge in [-0.2, -0.15) is 0 Å². The highest BCUT2D eigenvalue weighted by atomic mass is 14.3. The Bertz CT molecular complexity index is 284. The van der Waals surface area contributed by atoms with Crippen molar-refractivity contribution in [2.75, 3.05) is 0 Å². The molecule has 0 rings (SSSR count). The molecule has 22 heavy (non-hydrogen) atoms. The summed E-state index contributed by atoms with van der Waals surface area (Å²) in [6.45, 7) is 20.7. The lowest BCUT2D eigenvalue weighted by Gasteiger charge is -2.29. The average molecular weight is 309 g/mol. The molecule has 0 radical (unpaired) electrons. The molecule has 0 aromatic carbocycles. The van der Waals surface area contributed by atoms with Crippen LogP contribution in [0.2, 0.25) is 0 Å². The fourth-order valence-corrected chi connectivity index (χ4v) is 3.56. The van der Waals surface area contributed by atoms with Crippen molar-refractivity contribution >= 4 is 0 Å². The Morgan fingerprint density at radius 2 is 1.45 bits per heavy atom. The van der Waals surface area contributed by atoms with Crippen LogP contribution < -0.4 is 0 Å². The third-order valence-electron chi connectivity index (χ3n) is 4.99. The Balaban J connectivity index is 3.89. The van der Waals surface area contributed by atoms with E-state index in [0.717, 1.165) is 17.8 Å². The molecule has 0 saturated carbocycles. The summed E-state index contributed by atoms with van der Waals surface area (Å²) in [6.07, 6.45) is 12.3. The molecule has 0 nitrogen and oxygen atoms in total. The van der Waals surface area contributed by atoms with Crippen molar-refractivity contribution in [2.24, 2.45) is 23.2 Å². The Labute approximate surface area is 142 Å². The van der Waals surface area contributed by atoms with Gasteiger partial charge in [-0.05, 0) is 55.8 Å². The highest BCUT2D eigenvalue weighted by Gasteiger charge is 2.21. The molecule has 2 atom stereocenters. The van der Waals surface area contributed by atoms with E-state index in [1.54, 1.807) is 0 Å². The molecule has 132 valence electrons. The minimum absolute atomic E-state index is 0.509. The Hall–Kier alpha value is -0.260. The second-order valence-corrected chi connectivity index (χ2v) is 9.29. The zero-order valence-corrected chi connectivity index (χ0v) is 16.8. The fourth-order valence-electron chi connectivity index (χ4n) is 3.56. The summed E-state index contributed by atoms with van der Waals surface area (Å²) in [6, 6.07) is 0. The minimum Gasteiger partial charge on any atom is -0.100 e. The van der Waals surface area contributed by atoms with Crippen LogP contribution in [0.1, 0.15) is 106 Å². The van der Waals surface area contributed by atoms with E-state index in [9.17, 15) is 0 Å². The first-order valence-corrected chi connectivity index (χ1v) is 9.76. The molecule has 0 N–H and O–H groups in total. The van der Waals surface area contributed by atoms with Gasteiger partial charge in [0.1, 0.15) is 0 Å². The van der Waals surface area contributed by atoms with Gasteiger partial charge in [-0.15, -0.1) is 6.58 Å². The van der Waals surface area contributed by atoms with Gasteiger partial charge in [-0.3, -0.25) is 0 Å². The van der Waals surface area contributed by atoms with Crippen molar-refractivity contribution in [1.82, 2.24) is 0 Å². The predicted octanol–water partition coefficient (Wildman–Crippen LogP) is 8.03. The molecule has 0 aliphatic rings. The van der Waals surface area contributed by atoms with Crippen molar-refractivity contribution in [3.63, 3.8) is 0 Å². The van der Waals surface area contributed by atoms with Crippen LogP contribution in [0.3, 0.4) is 0 Å². The molecule has 0 amide bonds. The molecule has 0 aromatic heterocycles. The largest absolute Gasteiger partial charge is 0.100 e. The summed E-state index contributed by atoms with van der Waals surface area (Å²) >= 11 is 0. The van der Waals surface area contributed by atoms with Gasteiger partial charge in [-0.1, -0.05) is 79.2 Å². The zero-order valence-electron chi connectivity index (χ0n) is 16.8. The first-order valence-electron chi connectivity index (χ1n) is 9.76. The summed E-state index contributed by atoms with van der Waals surface area (Å²) in [7, 11) is 0. The number of rotatable bonds is 13. The van der Waals surface area contributed by atoms with Crippen molar-refractivity contribution in [1.29, 1.82) is 0 Å². The van der Waals surface area contributed by atoms with Gasteiger partial charge in [0.25, 0.3) is 0 Å². The number of allylic oxidation sites excluding steroid dienone is 1. The van der Waals surface area contributed by atoms with E-state index >= 15 is 0 Å². The van der Waals surface area contributed by atoms with Gasteiger partial charge >= 0.3 is 0 Å². The van der Waals surface area contributed by atoms with Crippen LogP contribution in [0, 0.1) is 23.2 Å². The standard InChI is InChI=1S/C22H44/c1-18(2)11-9-13-20(5)15-16-22(7,8)17-21(6)14-10-12-19(3)4/h18,20-21H,3,9-17H2,1-2,4-8H3. The minimum atomic E-state index is 0.509. The van der Waals surface area contributed by atoms with Gasteiger partial charge < -0.3 is 0 Å². The zero-order chi connectivity index (χ0) is 17.2. The van der Waals surface area contributed by atoms with E-state index < -0.39 is 0 Å². The molecule has 0 aromatic rings. The lowest BCUT2D eigenvalue weighted by Crippen LogP contribution is -2.17. The summed E-state index contributed by atoms with van der Waals surface area (Å²) in [5.74, 6) is 2.62. The molecular formula is C22H44. The van der Waals surface area contributed by atoms with Gasteiger partial charge in [0.15, 0.2) is 0 Å². The van der Waals surface area contributed by atoms with E-state index in [0.29, 0.717) is 5.41 Å². The molecule has 0 fully saturated rings. The van der Waals surface area contributed by atoms with Gasteiger partial charge in [0, 0.05) is 0 Å². The quantitative estimate of drug-likeness (QED) is 0.302. The highest BCUT2D eigenvalue weighted by Crippen LogP contribution is 2.34. The summed E-state index contributed by atoms with van der Waals surface area (Å²) in [5, 5.41) is 0. The molecule has 0 heterocycles. The highest BCUT2D eigenvalue weighted by molar-refractivity contribution is 4.87. The summed E-state index contributed by atoms with van der Waals surface area (Å²) in [4.78, 5) is 0. The molecule has 0 bridgehead atoms. The molecule has 0 saturated heterocycles. The van der Waals surface area contributed by atoms with Crippen molar-refractivity contribution < 1.29 is 0 Å². The second kappa shape index (κ2) is 11.3. The average Bonchev–Trinajstić information content (AvgIpc) is 2.35. The molecule has 0 aliphatic heterocycles. The number of hydrogen-bond donors (Lipinski definition) is 0. The topological polar surface area (TPSA) is 0 Å². The second-order valence-electron chi connectivity index (χ2n) is 9.29. The lowest BCUT2D eigenvalue weighted by atomic mass is 9.76. The van der Waals surface area contributed by atoms with Crippen molar-refractivity contribution in [3.8, 4) is 0 Å². The lowest BCUT2D eigenvalue weighted by molar-refractivity contribution is 0.226. The SMILES string of the molecule is C=C(C)CCCC(C)CC(C)(C)CCC(C)CCCC(C)C. The smallest absolute Gasteiger partial charge is 0.0326 e. The predicted molar refractivity (Wildman–Crippen MR) is 103 cm³/mol. The van der Waals surface area contributed by atoms with Crippen molar-refractivity contribution in [3.05, 3.63) is 12.2 Å². The van der Waals surface area contributed by atoms with Crippen LogP contribution in [-0.4, -0.2) is 0 Å². The molecule has 2 unspecified atom stereocenters. The maximum atomic E-state index is 4.01. The summed E-state index contributed by atoms with van der Waals surface area (Å²) in [5.41, 5.74) is 1.84. The third-order valence-corrected chi connectivity index (χ3v) is 4.99. The monoisotopic (exact) mass is 308 g/mol. The Kier molecular flexibility index (Phi) is 11.2. The molecule has 0 aliphatic carbocycles. The van der Waals surface area contributed by atoms with Crippen LogP contribution in [0.5, 0.6) is 0 Å². The van der Waals surface area contributed by atoms with Gasteiger partial charge in [0.05, 0.1) is 0 Å². The van der Waals surface area contributed by atoms with Crippen LogP contribution in [0.25, 0.3) is 0 Å². The van der Waals surface area contributed by atoms with Crippen LogP contribution in [-0.2, 0) is 0 Å². The van der Waals surface area contributed by atoms with E-state index in [4.69, 9.17) is 0 Å². The van der Waals surface area contributed by atoms with E-state index in [-0.39, 0.29) is 0 Å². The third kappa shape index (κ3) is 13.4. The van der Waals surface area contributed by atoms with Crippen LogP contribution in [0.15, 0.2) is 12.2 Å². The van der Waals surface area contributed by atoms with Crippen molar-refractivity contribution in [2.45, 2.75) is 106 Å². The molecular weight excluding hydrogens is 264 g/mol. The molecule has 0 heteroatoms. The first-order chi connectivity index (χ1) is 10.1. The first kappa shape index (κ1) is 21.7. The maximum absolute atomic E-state index is 4.01. The van der Waals surface area contributed by atoms with Crippen LogP contribution in [0.4, 0.5) is 0 Å². The van der Waals surface area contributed by atoms with Gasteiger partial charge in [0.2, 0.25) is 0 Å². The Morgan fingerprint density at radius 1 is 0.864 bits per heavy atom. The van der Waals surface area contributed by atoms with Gasteiger partial charge in [-0.25, -0.2) is 0 Å². The summed E-state index contributed by atoms with van der Waals surface area (Å²) < 4.78 is 0. The van der Waals surface area contributed by atoms with E-state index in [1.807, 2.05) is 0 Å². The fraction of sp³-hybridized carbons (Fsp3) is 0.909. The number of hydrogen-bond acceptors (Lipinski definition) is 0.